The maximum Gasteiger partial charge on any atom is 0.134 e. The van der Waals surface area contributed by atoms with Gasteiger partial charge in [0.05, 0.1) is 5.56 Å². The highest BCUT2D eigenvalue weighted by Gasteiger charge is 2.25. The Morgan fingerprint density at radius 1 is 0.857 bits per heavy atom. The monoisotopic (exact) mass is 392 g/mol. The van der Waals surface area contributed by atoms with Crippen LogP contribution >= 0.6 is 0 Å². The van der Waals surface area contributed by atoms with Crippen molar-refractivity contribution in [2.75, 3.05) is 0 Å². The molecule has 0 amide bonds. The molecule has 1 saturated carbocycles. The van der Waals surface area contributed by atoms with Crippen molar-refractivity contribution in [2.24, 2.45) is 17.8 Å². The second-order valence-corrected chi connectivity index (χ2v) is 8.34. The maximum atomic E-state index is 14.6. The minimum Gasteiger partial charge on any atom is -0.207 e. The van der Waals surface area contributed by atoms with Crippen LogP contribution < -0.4 is 0 Å². The number of hydrogen-bond acceptors (Lipinski definition) is 0. The van der Waals surface area contributed by atoms with Gasteiger partial charge in [-0.1, -0.05) is 39.5 Å². The van der Waals surface area contributed by atoms with Gasteiger partial charge >= 0.3 is 0 Å². The third-order valence-corrected chi connectivity index (χ3v) is 6.20. The number of halogens is 4. The molecule has 0 N–H and O–H groups in total. The van der Waals surface area contributed by atoms with E-state index in [0.717, 1.165) is 18.1 Å². The van der Waals surface area contributed by atoms with E-state index in [-0.39, 0.29) is 11.1 Å². The van der Waals surface area contributed by atoms with Gasteiger partial charge in [0.15, 0.2) is 0 Å². The van der Waals surface area contributed by atoms with E-state index >= 15 is 0 Å². The lowest BCUT2D eigenvalue weighted by Gasteiger charge is -2.32. The molecule has 2 aromatic carbocycles. The minimum atomic E-state index is -0.856. The maximum absolute atomic E-state index is 14.6. The van der Waals surface area contributed by atoms with Gasteiger partial charge in [0.1, 0.15) is 23.3 Å². The Morgan fingerprint density at radius 2 is 1.43 bits per heavy atom. The quantitative estimate of drug-likeness (QED) is 0.442. The van der Waals surface area contributed by atoms with Crippen molar-refractivity contribution in [3.8, 4) is 11.1 Å². The van der Waals surface area contributed by atoms with Crippen LogP contribution in [0.2, 0.25) is 0 Å². The van der Waals surface area contributed by atoms with Gasteiger partial charge in [0.2, 0.25) is 0 Å². The first-order chi connectivity index (χ1) is 13.4. The molecular weight excluding hydrogens is 364 g/mol. The Bertz CT molecular complexity index is 763. The summed E-state index contributed by atoms with van der Waals surface area (Å²) in [5, 5.41) is 0. The van der Waals surface area contributed by atoms with Crippen LogP contribution in [0.15, 0.2) is 30.3 Å². The van der Waals surface area contributed by atoms with Crippen molar-refractivity contribution in [3.63, 3.8) is 0 Å². The van der Waals surface area contributed by atoms with E-state index in [1.807, 2.05) is 0 Å². The Kier molecular flexibility index (Phi) is 6.79. The average Bonchev–Trinajstić information content (AvgIpc) is 2.61. The van der Waals surface area contributed by atoms with Crippen LogP contribution in [0, 0.1) is 41.0 Å². The number of hydrogen-bond donors (Lipinski definition) is 0. The van der Waals surface area contributed by atoms with Crippen LogP contribution in [0.3, 0.4) is 0 Å². The molecular formula is C24H28F4. The lowest BCUT2D eigenvalue weighted by Crippen LogP contribution is -2.21. The van der Waals surface area contributed by atoms with Crippen molar-refractivity contribution in [1.82, 2.24) is 0 Å². The van der Waals surface area contributed by atoms with Gasteiger partial charge in [0, 0.05) is 6.07 Å². The van der Waals surface area contributed by atoms with Crippen molar-refractivity contribution >= 4 is 0 Å². The molecule has 1 fully saturated rings. The Labute approximate surface area is 165 Å². The predicted molar refractivity (Wildman–Crippen MR) is 105 cm³/mol. The molecule has 2 aromatic rings. The zero-order valence-electron chi connectivity index (χ0n) is 16.6. The highest BCUT2D eigenvalue weighted by atomic mass is 19.1. The van der Waals surface area contributed by atoms with Gasteiger partial charge < -0.3 is 0 Å². The van der Waals surface area contributed by atoms with Crippen molar-refractivity contribution in [3.05, 3.63) is 59.2 Å². The summed E-state index contributed by atoms with van der Waals surface area (Å²) >= 11 is 0. The Balaban J connectivity index is 1.72. The van der Waals surface area contributed by atoms with Gasteiger partial charge in [-0.3, -0.25) is 0 Å². The first-order valence-corrected chi connectivity index (χ1v) is 10.3. The molecule has 28 heavy (non-hydrogen) atoms. The van der Waals surface area contributed by atoms with E-state index in [0.29, 0.717) is 29.9 Å². The predicted octanol–water partition coefficient (Wildman–Crippen LogP) is 7.70. The highest BCUT2D eigenvalue weighted by molar-refractivity contribution is 5.65. The molecule has 3 rings (SSSR count). The summed E-state index contributed by atoms with van der Waals surface area (Å²) < 4.78 is 56.1. The van der Waals surface area contributed by atoms with Crippen molar-refractivity contribution in [2.45, 2.75) is 58.8 Å². The largest absolute Gasteiger partial charge is 0.207 e. The second kappa shape index (κ2) is 9.11. The van der Waals surface area contributed by atoms with E-state index in [1.165, 1.54) is 50.7 Å². The lowest BCUT2D eigenvalue weighted by atomic mass is 9.73. The van der Waals surface area contributed by atoms with Gasteiger partial charge in [-0.15, -0.1) is 0 Å². The van der Waals surface area contributed by atoms with Gasteiger partial charge in [0.25, 0.3) is 0 Å². The fourth-order valence-electron chi connectivity index (χ4n) is 4.71. The zero-order chi connectivity index (χ0) is 20.3. The van der Waals surface area contributed by atoms with Crippen LogP contribution in [0.4, 0.5) is 17.6 Å². The molecule has 0 heterocycles. The molecule has 1 aliphatic rings. The molecule has 1 atom stereocenters. The van der Waals surface area contributed by atoms with Crippen LogP contribution in [-0.4, -0.2) is 0 Å². The molecule has 1 unspecified atom stereocenters. The minimum absolute atomic E-state index is 0.124. The van der Waals surface area contributed by atoms with Crippen LogP contribution in [0.5, 0.6) is 0 Å². The summed E-state index contributed by atoms with van der Waals surface area (Å²) in [6.07, 6.45) is 7.97. The third-order valence-electron chi connectivity index (χ3n) is 6.20. The molecule has 0 aromatic heterocycles. The van der Waals surface area contributed by atoms with Gasteiger partial charge in [-0.25, -0.2) is 17.6 Å². The smallest absolute Gasteiger partial charge is 0.134 e. The average molecular weight is 392 g/mol. The summed E-state index contributed by atoms with van der Waals surface area (Å²) in [7, 11) is 0. The van der Waals surface area contributed by atoms with Crippen LogP contribution in [-0.2, 0) is 6.42 Å². The summed E-state index contributed by atoms with van der Waals surface area (Å²) in [4.78, 5) is 0. The highest BCUT2D eigenvalue weighted by Crippen LogP contribution is 2.37. The lowest BCUT2D eigenvalue weighted by molar-refractivity contribution is 0.206. The van der Waals surface area contributed by atoms with Gasteiger partial charge in [-0.2, -0.15) is 0 Å². The molecule has 4 heteroatoms. The third kappa shape index (κ3) is 4.95. The molecule has 0 saturated heterocycles. The Hall–Kier alpha value is -1.84. The standard InChI is InChI=1S/C24H28F4/c1-3-4-16-5-7-18(8-6-16)15(2)9-17-10-22(27)24(23(28)11-17)19-12-20(25)14-21(26)13-19/h10-16,18H,3-9H2,1-2H3. The fraction of sp³-hybridized carbons (Fsp3) is 0.500. The fourth-order valence-corrected chi connectivity index (χ4v) is 4.71. The van der Waals surface area contributed by atoms with E-state index in [9.17, 15) is 17.6 Å². The Morgan fingerprint density at radius 3 is 1.96 bits per heavy atom. The van der Waals surface area contributed by atoms with E-state index in [2.05, 4.69) is 13.8 Å². The van der Waals surface area contributed by atoms with Crippen LogP contribution in [0.1, 0.15) is 57.9 Å². The topological polar surface area (TPSA) is 0 Å². The molecule has 0 radical (unpaired) electrons. The van der Waals surface area contributed by atoms with Crippen molar-refractivity contribution in [1.29, 1.82) is 0 Å². The molecule has 1 aliphatic carbocycles. The van der Waals surface area contributed by atoms with E-state index in [1.54, 1.807) is 0 Å². The summed E-state index contributed by atoms with van der Waals surface area (Å²) in [6.45, 7) is 4.37. The summed E-state index contributed by atoms with van der Waals surface area (Å²) in [6, 6.07) is 5.19. The zero-order valence-corrected chi connectivity index (χ0v) is 16.6. The molecule has 0 spiro atoms. The molecule has 152 valence electrons. The van der Waals surface area contributed by atoms with E-state index in [4.69, 9.17) is 0 Å². The number of benzene rings is 2. The summed E-state index contributed by atoms with van der Waals surface area (Å²) in [5.74, 6) is -1.52. The normalized spacial score (nSPS) is 20.9. The SMILES string of the molecule is CCCC1CCC(C(C)Cc2cc(F)c(-c3cc(F)cc(F)c3)c(F)c2)CC1. The second-order valence-electron chi connectivity index (χ2n) is 8.34. The molecule has 0 bridgehead atoms. The van der Waals surface area contributed by atoms with E-state index < -0.39 is 23.3 Å². The molecule has 0 aliphatic heterocycles. The van der Waals surface area contributed by atoms with Gasteiger partial charge in [-0.05, 0) is 72.4 Å². The molecule has 0 nitrogen and oxygen atoms in total. The number of rotatable bonds is 6. The van der Waals surface area contributed by atoms with Crippen molar-refractivity contribution < 1.29 is 17.6 Å². The first-order valence-electron chi connectivity index (χ1n) is 10.3. The van der Waals surface area contributed by atoms with Crippen LogP contribution in [0.25, 0.3) is 11.1 Å². The summed E-state index contributed by atoms with van der Waals surface area (Å²) in [5.41, 5.74) is 0.0926. The first kappa shape index (κ1) is 20.9.